The normalized spacial score (nSPS) is 13.7. The zero-order chi connectivity index (χ0) is 17.7. The Morgan fingerprint density at radius 3 is 2.38 bits per heavy atom. The van der Waals surface area contributed by atoms with Gasteiger partial charge in [0.15, 0.2) is 0 Å². The van der Waals surface area contributed by atoms with Gasteiger partial charge in [-0.15, -0.1) is 11.6 Å². The minimum atomic E-state index is 0.0425. The van der Waals surface area contributed by atoms with Crippen molar-refractivity contribution in [3.8, 4) is 16.9 Å². The van der Waals surface area contributed by atoms with Crippen LogP contribution < -0.4 is 10.3 Å². The second-order valence-corrected chi connectivity index (χ2v) is 6.85. The number of methoxy groups -OCH3 is 1. The number of nitrogens with zero attached hydrogens (tertiary/aromatic N) is 1. The third kappa shape index (κ3) is 4.41. The minimum Gasteiger partial charge on any atom is -0.496 e. The van der Waals surface area contributed by atoms with Crippen LogP contribution in [0.4, 0.5) is 0 Å². The maximum Gasteiger partial charge on any atom is 0.253 e. The van der Waals surface area contributed by atoms with Gasteiger partial charge in [-0.1, -0.05) is 25.5 Å². The fourth-order valence-electron chi connectivity index (χ4n) is 2.61. The van der Waals surface area contributed by atoms with Crippen molar-refractivity contribution in [2.24, 2.45) is 7.05 Å². The highest BCUT2D eigenvalue weighted by Crippen LogP contribution is 2.27. The van der Waals surface area contributed by atoms with E-state index in [1.165, 1.54) is 24.8 Å². The Morgan fingerprint density at radius 1 is 1.25 bits per heavy atom. The van der Waals surface area contributed by atoms with E-state index in [0.717, 1.165) is 28.9 Å². The molecule has 1 aliphatic carbocycles. The van der Waals surface area contributed by atoms with Crippen molar-refractivity contribution in [1.82, 2.24) is 4.57 Å². The minimum absolute atomic E-state index is 0.0425. The van der Waals surface area contributed by atoms with Crippen LogP contribution in [0.2, 0.25) is 0 Å². The van der Waals surface area contributed by atoms with Crippen molar-refractivity contribution in [2.75, 3.05) is 7.11 Å². The van der Waals surface area contributed by atoms with Crippen LogP contribution in [-0.2, 0) is 13.5 Å². The molecule has 4 heteroatoms. The summed E-state index contributed by atoms with van der Waals surface area (Å²) < 4.78 is 7.03. The summed E-state index contributed by atoms with van der Waals surface area (Å²) >= 11 is 5.55. The molecule has 0 saturated heterocycles. The average molecular weight is 348 g/mol. The third-order valence-corrected chi connectivity index (χ3v) is 4.83. The first-order chi connectivity index (χ1) is 11.5. The van der Waals surface area contributed by atoms with Crippen LogP contribution in [0.5, 0.6) is 5.75 Å². The highest BCUT2D eigenvalue weighted by atomic mass is 35.5. The van der Waals surface area contributed by atoms with Crippen LogP contribution in [0.1, 0.15) is 37.3 Å². The maximum absolute atomic E-state index is 11.7. The topological polar surface area (TPSA) is 31.2 Å². The van der Waals surface area contributed by atoms with E-state index in [1.54, 1.807) is 18.7 Å². The lowest BCUT2D eigenvalue weighted by atomic mass is 10.0. The zero-order valence-electron chi connectivity index (χ0n) is 14.9. The van der Waals surface area contributed by atoms with Crippen molar-refractivity contribution >= 4 is 11.6 Å². The van der Waals surface area contributed by atoms with Gasteiger partial charge in [-0.05, 0) is 55.0 Å². The van der Waals surface area contributed by atoms with Gasteiger partial charge in [0.2, 0.25) is 0 Å². The molecule has 0 aliphatic heterocycles. The first-order valence-electron chi connectivity index (χ1n) is 8.44. The fourth-order valence-corrected chi connectivity index (χ4v) is 2.92. The third-order valence-electron chi connectivity index (χ3n) is 4.40. The number of ether oxygens (including phenoxy) is 1. The molecule has 0 amide bonds. The van der Waals surface area contributed by atoms with Crippen LogP contribution in [0.3, 0.4) is 0 Å². The molecule has 3 rings (SSSR count). The number of hydrogen-bond donors (Lipinski definition) is 0. The highest BCUT2D eigenvalue weighted by Gasteiger charge is 2.12. The van der Waals surface area contributed by atoms with Gasteiger partial charge in [-0.25, -0.2) is 0 Å². The summed E-state index contributed by atoms with van der Waals surface area (Å²) in [7, 11) is 3.46. The summed E-state index contributed by atoms with van der Waals surface area (Å²) in [6.45, 7) is 3.94. The number of rotatable bonds is 3. The van der Waals surface area contributed by atoms with Gasteiger partial charge in [0.05, 0.1) is 7.11 Å². The molecule has 0 bridgehead atoms. The molecule has 130 valence electrons. The van der Waals surface area contributed by atoms with Crippen LogP contribution >= 0.6 is 11.6 Å². The Morgan fingerprint density at radius 2 is 1.92 bits per heavy atom. The summed E-state index contributed by atoms with van der Waals surface area (Å²) in [5, 5.41) is 0.537. The van der Waals surface area contributed by atoms with Crippen molar-refractivity contribution in [2.45, 2.75) is 44.9 Å². The number of pyridine rings is 1. The lowest BCUT2D eigenvalue weighted by Crippen LogP contribution is -2.18. The van der Waals surface area contributed by atoms with Gasteiger partial charge in [-0.3, -0.25) is 4.79 Å². The van der Waals surface area contributed by atoms with E-state index in [1.807, 2.05) is 25.3 Å². The van der Waals surface area contributed by atoms with Crippen LogP contribution in [-0.4, -0.2) is 17.1 Å². The number of aryl methyl sites for hydroxylation is 3. The largest absolute Gasteiger partial charge is 0.496 e. The number of hydrogen-bond acceptors (Lipinski definition) is 2. The maximum atomic E-state index is 11.7. The van der Waals surface area contributed by atoms with E-state index in [2.05, 4.69) is 19.1 Å². The molecule has 1 fully saturated rings. The summed E-state index contributed by atoms with van der Waals surface area (Å²) in [6.07, 6.45) is 6.66. The summed E-state index contributed by atoms with van der Waals surface area (Å²) in [5.74, 6) is 0.895. The van der Waals surface area contributed by atoms with Gasteiger partial charge in [0, 0.05) is 24.2 Å². The van der Waals surface area contributed by atoms with Crippen molar-refractivity contribution in [1.29, 1.82) is 0 Å². The van der Waals surface area contributed by atoms with Gasteiger partial charge in [0.1, 0.15) is 5.75 Å². The number of aromatic nitrogens is 1. The van der Waals surface area contributed by atoms with Crippen molar-refractivity contribution in [3.63, 3.8) is 0 Å². The Kier molecular flexibility index (Phi) is 6.50. The molecule has 1 heterocycles. The van der Waals surface area contributed by atoms with Crippen molar-refractivity contribution < 1.29 is 4.74 Å². The Balaban J connectivity index is 0.000000355. The molecule has 1 saturated carbocycles. The molecule has 3 nitrogen and oxygen atoms in total. The molecule has 0 atom stereocenters. The number of alkyl halides is 1. The second-order valence-electron chi connectivity index (χ2n) is 6.24. The summed E-state index contributed by atoms with van der Waals surface area (Å²) in [4.78, 5) is 11.7. The Bertz CT molecular complexity index is 722. The molecule has 1 aliphatic rings. The fraction of sp³-hybridized carbons (Fsp3) is 0.450. The Labute approximate surface area is 149 Å². The zero-order valence-corrected chi connectivity index (χ0v) is 15.7. The molecule has 0 spiro atoms. The second kappa shape index (κ2) is 8.39. The number of halogens is 1. The van der Waals surface area contributed by atoms with E-state index < -0.39 is 0 Å². The van der Waals surface area contributed by atoms with E-state index in [0.29, 0.717) is 5.38 Å². The quantitative estimate of drug-likeness (QED) is 0.753. The molecular formula is C20H26ClNO2. The smallest absolute Gasteiger partial charge is 0.253 e. The van der Waals surface area contributed by atoms with Crippen LogP contribution in [0, 0.1) is 6.92 Å². The lowest BCUT2D eigenvalue weighted by molar-refractivity contribution is 0.410. The molecule has 0 N–H and O–H groups in total. The molecule has 2 aromatic rings. The van der Waals surface area contributed by atoms with Gasteiger partial charge < -0.3 is 9.30 Å². The molecule has 0 unspecified atom stereocenters. The van der Waals surface area contributed by atoms with Gasteiger partial charge >= 0.3 is 0 Å². The standard InChI is InChI=1S/C16H19NO2.C4H7Cl/c1-5-12-6-7-13(9-15(12)19-4)14-8-11(2)16(18)17(3)10-14;5-4-2-1-3-4/h6-10H,5H2,1-4H3;4H,1-3H2. The van der Waals surface area contributed by atoms with E-state index >= 15 is 0 Å². The summed E-state index contributed by atoms with van der Waals surface area (Å²) in [5.41, 5.74) is 4.07. The predicted octanol–water partition coefficient (Wildman–Crippen LogP) is 4.71. The molecule has 1 aromatic heterocycles. The average Bonchev–Trinajstić information content (AvgIpc) is 2.57. The number of benzene rings is 1. The van der Waals surface area contributed by atoms with Crippen LogP contribution in [0.15, 0.2) is 35.3 Å². The van der Waals surface area contributed by atoms with Crippen molar-refractivity contribution in [3.05, 3.63) is 51.9 Å². The van der Waals surface area contributed by atoms with E-state index in [9.17, 15) is 4.79 Å². The molecular weight excluding hydrogens is 322 g/mol. The van der Waals surface area contributed by atoms with Gasteiger partial charge in [-0.2, -0.15) is 0 Å². The first-order valence-corrected chi connectivity index (χ1v) is 8.88. The molecule has 24 heavy (non-hydrogen) atoms. The van der Waals surface area contributed by atoms with Crippen LogP contribution in [0.25, 0.3) is 11.1 Å². The van der Waals surface area contributed by atoms with E-state index in [4.69, 9.17) is 16.3 Å². The SMILES string of the molecule is CCc1ccc(-c2cc(C)c(=O)n(C)c2)cc1OC.ClC1CCC1. The van der Waals surface area contributed by atoms with E-state index in [-0.39, 0.29) is 5.56 Å². The highest BCUT2D eigenvalue weighted by molar-refractivity contribution is 6.21. The molecule has 0 radical (unpaired) electrons. The predicted molar refractivity (Wildman–Crippen MR) is 101 cm³/mol. The van der Waals surface area contributed by atoms with Gasteiger partial charge in [0.25, 0.3) is 5.56 Å². The Hall–Kier alpha value is -1.74. The first kappa shape index (κ1) is 18.6. The monoisotopic (exact) mass is 347 g/mol. The molecule has 1 aromatic carbocycles. The lowest BCUT2D eigenvalue weighted by Gasteiger charge is -2.16. The summed E-state index contributed by atoms with van der Waals surface area (Å²) in [6, 6.07) is 8.09.